The Bertz CT molecular complexity index is 1210. The summed E-state index contributed by atoms with van der Waals surface area (Å²) in [5, 5.41) is 0. The molecule has 1 fully saturated rings. The molecule has 2 aromatic rings. The van der Waals surface area contributed by atoms with Crippen LogP contribution in [0.4, 0.5) is 0 Å². The van der Waals surface area contributed by atoms with Gasteiger partial charge in [-0.15, -0.1) is 0 Å². The third kappa shape index (κ3) is 3.93. The number of rotatable bonds is 6. The number of Topliss-reactive ketones (excluding diaryl/α,β-unsaturated/α-hetero) is 1. The lowest BCUT2D eigenvalue weighted by Crippen LogP contribution is -2.34. The maximum absolute atomic E-state index is 13.4. The maximum atomic E-state index is 13.4. The predicted molar refractivity (Wildman–Crippen MR) is 110 cm³/mol. The van der Waals surface area contributed by atoms with Gasteiger partial charge in [0.15, 0.2) is 17.3 Å². The van der Waals surface area contributed by atoms with Gasteiger partial charge in [0.1, 0.15) is 0 Å². The lowest BCUT2D eigenvalue weighted by molar-refractivity contribution is 0.0895. The van der Waals surface area contributed by atoms with Crippen LogP contribution in [0.15, 0.2) is 42.3 Å². The molecule has 0 radical (unpaired) electrons. The summed E-state index contributed by atoms with van der Waals surface area (Å²) < 4.78 is 85.5. The molecule has 1 heterocycles. The van der Waals surface area contributed by atoms with E-state index in [0.717, 1.165) is 0 Å². The van der Waals surface area contributed by atoms with Crippen LogP contribution in [0.2, 0.25) is 0 Å². The average molecular weight is 389 g/mol. The molecule has 4 heteroatoms. The van der Waals surface area contributed by atoms with Gasteiger partial charge in [-0.2, -0.15) is 0 Å². The number of methoxy groups -OCH3 is 2. The number of fused-ring (bicyclic) bond motifs is 1. The summed E-state index contributed by atoms with van der Waals surface area (Å²) >= 11 is 0. The molecule has 148 valence electrons. The molecule has 1 unspecified atom stereocenters. The molecule has 0 N–H and O–H groups in total. The average Bonchev–Trinajstić information content (AvgIpc) is 3.07. The largest absolute Gasteiger partial charge is 0.493 e. The lowest BCUT2D eigenvalue weighted by atomic mass is 9.85. The molecular weight excluding hydrogens is 350 g/mol. The summed E-state index contributed by atoms with van der Waals surface area (Å²) in [6.07, 6.45) is -3.74. The Labute approximate surface area is 180 Å². The van der Waals surface area contributed by atoms with Gasteiger partial charge >= 0.3 is 0 Å². The zero-order valence-corrected chi connectivity index (χ0v) is 16.0. The first-order chi connectivity index (χ1) is 17.3. The molecule has 0 bridgehead atoms. The first-order valence-corrected chi connectivity index (χ1v) is 9.36. The SMILES string of the molecule is [2H]c1c([2H])c([2H])c(CN2CCC(C([2H])([2H])C3C(=O)c4cc(OC)c(OC)cc4C3([2H])[2H])CC2)c([2H])c1[2H]. The van der Waals surface area contributed by atoms with Gasteiger partial charge < -0.3 is 9.47 Å². The monoisotopic (exact) mass is 388 g/mol. The molecule has 1 atom stereocenters. The van der Waals surface area contributed by atoms with Crippen molar-refractivity contribution in [3.63, 3.8) is 0 Å². The van der Waals surface area contributed by atoms with Crippen molar-refractivity contribution in [2.45, 2.75) is 32.1 Å². The third-order valence-corrected chi connectivity index (χ3v) is 5.27. The van der Waals surface area contributed by atoms with Crippen molar-refractivity contribution in [3.05, 3.63) is 59.0 Å². The quantitative estimate of drug-likeness (QED) is 0.737. The number of carbonyl (C=O) groups excluding carboxylic acids is 1. The van der Waals surface area contributed by atoms with Gasteiger partial charge in [0.05, 0.1) is 21.1 Å². The molecular formula is C24H29NO3. The van der Waals surface area contributed by atoms with Gasteiger partial charge in [0.2, 0.25) is 0 Å². The second kappa shape index (κ2) is 8.36. The van der Waals surface area contributed by atoms with E-state index in [4.69, 9.17) is 21.8 Å². The minimum absolute atomic E-state index is 0.0858. The molecule has 2 aliphatic rings. The zero-order valence-electron chi connectivity index (χ0n) is 25.0. The van der Waals surface area contributed by atoms with E-state index in [0.29, 0.717) is 25.9 Å². The minimum Gasteiger partial charge on any atom is -0.493 e. The first-order valence-electron chi connectivity index (χ1n) is 13.9. The fourth-order valence-corrected chi connectivity index (χ4v) is 3.77. The van der Waals surface area contributed by atoms with Crippen molar-refractivity contribution < 1.29 is 26.6 Å². The van der Waals surface area contributed by atoms with Crippen molar-refractivity contribution in [1.82, 2.24) is 4.90 Å². The van der Waals surface area contributed by atoms with Crippen LogP contribution in [0.25, 0.3) is 0 Å². The summed E-state index contributed by atoms with van der Waals surface area (Å²) in [6, 6.07) is 1.08. The molecule has 28 heavy (non-hydrogen) atoms. The van der Waals surface area contributed by atoms with Gasteiger partial charge in [0.25, 0.3) is 0 Å². The van der Waals surface area contributed by atoms with Crippen LogP contribution in [0, 0.1) is 11.8 Å². The summed E-state index contributed by atoms with van der Waals surface area (Å²) in [7, 11) is 2.82. The number of benzene rings is 2. The van der Waals surface area contributed by atoms with Gasteiger partial charge in [0, 0.05) is 23.5 Å². The van der Waals surface area contributed by atoms with Crippen LogP contribution in [-0.4, -0.2) is 38.0 Å². The molecule has 0 saturated carbocycles. The number of ketones is 1. The van der Waals surface area contributed by atoms with Crippen LogP contribution in [0.3, 0.4) is 0 Å². The Hall–Kier alpha value is -2.33. The van der Waals surface area contributed by atoms with Crippen LogP contribution >= 0.6 is 0 Å². The Morgan fingerprint density at radius 2 is 1.82 bits per heavy atom. The number of hydrogen-bond donors (Lipinski definition) is 0. The molecule has 0 spiro atoms. The number of piperidine rings is 1. The Balaban J connectivity index is 1.54. The van der Waals surface area contributed by atoms with Crippen LogP contribution < -0.4 is 9.47 Å². The standard InChI is InChI=1S/C24H29NO3/c1-27-22-14-19-13-20(24(26)21(19)15-23(22)28-2)12-17-8-10-25(11-9-17)16-18-6-4-3-5-7-18/h3-7,14-15,17,20H,8-13,16H2,1-2H3/i3D,4D,5D,6D,7D,12D2,13D2. The van der Waals surface area contributed by atoms with E-state index >= 15 is 0 Å². The second-order valence-corrected chi connectivity index (χ2v) is 7.02. The highest BCUT2D eigenvalue weighted by Gasteiger charge is 2.34. The van der Waals surface area contributed by atoms with E-state index in [-0.39, 0.29) is 46.8 Å². The van der Waals surface area contributed by atoms with Crippen LogP contribution in [0.5, 0.6) is 11.5 Å². The van der Waals surface area contributed by atoms with Crippen LogP contribution in [0.1, 0.15) is 53.0 Å². The molecule has 0 aromatic heterocycles. The summed E-state index contributed by atoms with van der Waals surface area (Å²) in [5.41, 5.74) is 0.367. The Morgan fingerprint density at radius 1 is 1.14 bits per heavy atom. The summed E-state index contributed by atoms with van der Waals surface area (Å²) in [6.45, 7) is 0.884. The molecule has 1 aliphatic heterocycles. The van der Waals surface area contributed by atoms with Crippen molar-refractivity contribution in [3.8, 4) is 11.5 Å². The Kier molecular flexibility index (Phi) is 3.29. The van der Waals surface area contributed by atoms with E-state index < -0.39 is 48.5 Å². The number of ether oxygens (including phenoxy) is 2. The number of hydrogen-bond acceptors (Lipinski definition) is 4. The van der Waals surface area contributed by atoms with E-state index in [9.17, 15) is 4.79 Å². The number of nitrogens with zero attached hydrogens (tertiary/aromatic N) is 1. The van der Waals surface area contributed by atoms with Gasteiger partial charge in [-0.1, -0.05) is 30.2 Å². The van der Waals surface area contributed by atoms with Crippen LogP contribution in [-0.2, 0) is 12.9 Å². The summed E-state index contributed by atoms with van der Waals surface area (Å²) in [5.74, 6) is -2.21. The molecule has 4 rings (SSSR count). The highest BCUT2D eigenvalue weighted by Crippen LogP contribution is 2.39. The highest BCUT2D eigenvalue weighted by molar-refractivity contribution is 6.02. The summed E-state index contributed by atoms with van der Waals surface area (Å²) in [4.78, 5) is 15.3. The molecule has 1 saturated heterocycles. The number of carbonyl (C=O) groups is 1. The molecule has 1 aliphatic carbocycles. The van der Waals surface area contributed by atoms with E-state index in [1.807, 2.05) is 4.90 Å². The first kappa shape index (κ1) is 11.0. The van der Waals surface area contributed by atoms with Crippen molar-refractivity contribution in [1.29, 1.82) is 0 Å². The number of likely N-dealkylation sites (tertiary alicyclic amines) is 1. The second-order valence-electron chi connectivity index (χ2n) is 7.02. The van der Waals surface area contributed by atoms with Crippen molar-refractivity contribution in [2.75, 3.05) is 27.3 Å². The van der Waals surface area contributed by atoms with Gasteiger partial charge in [-0.05, 0) is 67.9 Å². The molecule has 4 nitrogen and oxygen atoms in total. The Morgan fingerprint density at radius 3 is 2.50 bits per heavy atom. The predicted octanol–water partition coefficient (Wildman–Crippen LogP) is 4.36. The van der Waals surface area contributed by atoms with E-state index in [1.165, 1.54) is 26.4 Å². The highest BCUT2D eigenvalue weighted by atomic mass is 16.5. The van der Waals surface area contributed by atoms with Gasteiger partial charge in [-0.25, -0.2) is 0 Å². The third-order valence-electron chi connectivity index (χ3n) is 5.27. The van der Waals surface area contributed by atoms with Crippen molar-refractivity contribution >= 4 is 5.78 Å². The van der Waals surface area contributed by atoms with E-state index in [2.05, 4.69) is 0 Å². The van der Waals surface area contributed by atoms with Crippen molar-refractivity contribution in [2.24, 2.45) is 11.8 Å². The molecule has 2 aromatic carbocycles. The smallest absolute Gasteiger partial charge is 0.166 e. The normalized spacial score (nSPS) is 27.1. The fraction of sp³-hybridized carbons (Fsp3) is 0.458. The minimum atomic E-state index is -2.25. The zero-order chi connectivity index (χ0) is 27.4. The lowest BCUT2D eigenvalue weighted by Gasteiger charge is -2.32. The molecule has 0 amide bonds. The fourth-order valence-electron chi connectivity index (χ4n) is 3.77. The van der Waals surface area contributed by atoms with Gasteiger partial charge in [-0.3, -0.25) is 9.69 Å². The maximum Gasteiger partial charge on any atom is 0.166 e. The van der Waals surface area contributed by atoms with E-state index in [1.54, 1.807) is 0 Å². The topological polar surface area (TPSA) is 38.8 Å².